The van der Waals surface area contributed by atoms with Gasteiger partial charge in [0.1, 0.15) is 0 Å². The first-order valence-corrected chi connectivity index (χ1v) is 18.1. The summed E-state index contributed by atoms with van der Waals surface area (Å²) in [6, 6.07) is 17.2. The van der Waals surface area contributed by atoms with Crippen LogP contribution in [0.4, 0.5) is 5.69 Å². The van der Waals surface area contributed by atoms with Crippen molar-refractivity contribution in [1.29, 1.82) is 0 Å². The van der Waals surface area contributed by atoms with Gasteiger partial charge in [-0.1, -0.05) is 37.1 Å². The molecule has 0 spiro atoms. The Balaban J connectivity index is 0.940. The first kappa shape index (κ1) is 27.9. The standard InChI is InChI=1S/C35H48N2O3S/c38-41(39,33-17-22-40-23-18-33)32-13-11-31(12-14-32)37-25-27(26-37)24-36-20-15-30(16-21-36)35(29-8-2-3-9-29)19-5-7-28-6-1-4-10-34(28)35/h1,4,6,10-14,27,29-30,33H,2-3,5,7-9,15-26H2. The van der Waals surface area contributed by atoms with Crippen LogP contribution in [-0.4, -0.2) is 64.5 Å². The van der Waals surface area contributed by atoms with Crippen LogP contribution in [0.3, 0.4) is 0 Å². The number of nitrogens with zero attached hydrogens (tertiary/aromatic N) is 2. The van der Waals surface area contributed by atoms with Crippen LogP contribution in [0.1, 0.15) is 75.3 Å². The van der Waals surface area contributed by atoms with Crippen LogP contribution in [0.5, 0.6) is 0 Å². The molecule has 2 aromatic rings. The summed E-state index contributed by atoms with van der Waals surface area (Å²) in [5.41, 5.74) is 4.96. The van der Waals surface area contributed by atoms with Gasteiger partial charge in [0.25, 0.3) is 0 Å². The normalized spacial score (nSPS) is 27.6. The summed E-state index contributed by atoms with van der Waals surface area (Å²) < 4.78 is 31.4. The van der Waals surface area contributed by atoms with Gasteiger partial charge in [0, 0.05) is 49.9 Å². The van der Waals surface area contributed by atoms with E-state index >= 15 is 0 Å². The summed E-state index contributed by atoms with van der Waals surface area (Å²) in [5, 5.41) is -0.305. The van der Waals surface area contributed by atoms with Gasteiger partial charge in [-0.3, -0.25) is 0 Å². The number of anilines is 1. The van der Waals surface area contributed by atoms with Gasteiger partial charge in [0.2, 0.25) is 0 Å². The summed E-state index contributed by atoms with van der Waals surface area (Å²) in [6.07, 6.45) is 13.7. The largest absolute Gasteiger partial charge is 0.381 e. The molecule has 0 aromatic heterocycles. The molecule has 5 aliphatic rings. The Labute approximate surface area is 247 Å². The van der Waals surface area contributed by atoms with E-state index in [1.54, 1.807) is 11.1 Å². The van der Waals surface area contributed by atoms with Crippen LogP contribution in [0.2, 0.25) is 0 Å². The number of sulfone groups is 1. The summed E-state index contributed by atoms with van der Waals surface area (Å²) >= 11 is 0. The molecule has 0 amide bonds. The molecule has 6 heteroatoms. The first-order valence-electron chi connectivity index (χ1n) is 16.5. The van der Waals surface area contributed by atoms with Crippen LogP contribution >= 0.6 is 0 Å². The Bertz CT molecular complexity index is 1280. The molecule has 1 unspecified atom stereocenters. The van der Waals surface area contributed by atoms with Crippen LogP contribution in [-0.2, 0) is 26.4 Å². The van der Waals surface area contributed by atoms with Gasteiger partial charge in [-0.15, -0.1) is 0 Å². The number of likely N-dealkylation sites (tertiary alicyclic amines) is 1. The first-order chi connectivity index (χ1) is 20.0. The molecule has 3 saturated heterocycles. The van der Waals surface area contributed by atoms with Crippen molar-refractivity contribution >= 4 is 15.5 Å². The van der Waals surface area contributed by atoms with Crippen molar-refractivity contribution in [3.8, 4) is 0 Å². The van der Waals surface area contributed by atoms with Crippen molar-refractivity contribution in [3.63, 3.8) is 0 Å². The van der Waals surface area contributed by atoms with Gasteiger partial charge in [-0.2, -0.15) is 0 Å². The molecule has 0 radical (unpaired) electrons. The van der Waals surface area contributed by atoms with E-state index in [9.17, 15) is 8.42 Å². The second-order valence-corrected chi connectivity index (χ2v) is 16.0. The molecule has 0 bridgehead atoms. The van der Waals surface area contributed by atoms with E-state index in [0.29, 0.717) is 42.3 Å². The zero-order valence-electron chi connectivity index (χ0n) is 24.7. The number of benzene rings is 2. The van der Waals surface area contributed by atoms with Crippen molar-refractivity contribution in [2.45, 2.75) is 86.2 Å². The Morgan fingerprint density at radius 1 is 0.805 bits per heavy atom. The van der Waals surface area contributed by atoms with Gasteiger partial charge in [0.15, 0.2) is 9.84 Å². The smallest absolute Gasteiger partial charge is 0.181 e. The third-order valence-corrected chi connectivity index (χ3v) is 13.8. The number of fused-ring (bicyclic) bond motifs is 1. The zero-order valence-corrected chi connectivity index (χ0v) is 25.5. The molecule has 41 heavy (non-hydrogen) atoms. The van der Waals surface area contributed by atoms with E-state index in [0.717, 1.165) is 30.6 Å². The second-order valence-electron chi connectivity index (χ2n) is 13.7. The van der Waals surface area contributed by atoms with Crippen LogP contribution in [0, 0.1) is 17.8 Å². The fourth-order valence-corrected chi connectivity index (χ4v) is 11.2. The average Bonchev–Trinajstić information content (AvgIpc) is 3.55. The molecule has 3 aliphatic heterocycles. The predicted molar refractivity (Wildman–Crippen MR) is 165 cm³/mol. The second kappa shape index (κ2) is 11.7. The van der Waals surface area contributed by atoms with Crippen molar-refractivity contribution < 1.29 is 13.2 Å². The van der Waals surface area contributed by atoms with Crippen molar-refractivity contribution in [2.75, 3.05) is 50.8 Å². The van der Waals surface area contributed by atoms with Crippen molar-refractivity contribution in [2.24, 2.45) is 17.8 Å². The summed E-state index contributed by atoms with van der Waals surface area (Å²) in [4.78, 5) is 5.62. The number of hydrogen-bond acceptors (Lipinski definition) is 5. The van der Waals surface area contributed by atoms with E-state index < -0.39 is 9.84 Å². The lowest BCUT2D eigenvalue weighted by Crippen LogP contribution is -2.54. The SMILES string of the molecule is O=S(=O)(c1ccc(N2CC(CN3CCC(C4(C5CCCC5)CCCc5ccccc54)CC3)C2)cc1)C1CCOCC1. The highest BCUT2D eigenvalue weighted by Crippen LogP contribution is 2.55. The highest BCUT2D eigenvalue weighted by molar-refractivity contribution is 7.92. The molecule has 1 saturated carbocycles. The van der Waals surface area contributed by atoms with Gasteiger partial charge >= 0.3 is 0 Å². The van der Waals surface area contributed by atoms with E-state index in [1.165, 1.54) is 77.4 Å². The van der Waals surface area contributed by atoms with Crippen LogP contribution < -0.4 is 4.90 Å². The number of hydrogen-bond donors (Lipinski definition) is 0. The lowest BCUT2D eigenvalue weighted by atomic mass is 9.54. The monoisotopic (exact) mass is 576 g/mol. The third kappa shape index (κ3) is 5.27. The molecule has 2 aliphatic carbocycles. The van der Waals surface area contributed by atoms with E-state index in [4.69, 9.17) is 4.74 Å². The Morgan fingerprint density at radius 2 is 1.49 bits per heavy atom. The summed E-state index contributed by atoms with van der Waals surface area (Å²) in [6.45, 7) is 6.94. The molecular formula is C35H48N2O3S. The zero-order chi connectivity index (χ0) is 27.9. The van der Waals surface area contributed by atoms with Gasteiger partial charge in [-0.25, -0.2) is 8.42 Å². The van der Waals surface area contributed by atoms with Crippen LogP contribution in [0.25, 0.3) is 0 Å². The maximum Gasteiger partial charge on any atom is 0.181 e. The minimum Gasteiger partial charge on any atom is -0.381 e. The highest BCUT2D eigenvalue weighted by Gasteiger charge is 2.49. The Morgan fingerprint density at radius 3 is 2.22 bits per heavy atom. The fourth-order valence-electron chi connectivity index (χ4n) is 9.44. The quantitative estimate of drug-likeness (QED) is 0.390. The minimum atomic E-state index is -3.27. The summed E-state index contributed by atoms with van der Waals surface area (Å²) in [7, 11) is -3.27. The lowest BCUT2D eigenvalue weighted by molar-refractivity contribution is 0.0648. The maximum absolute atomic E-state index is 13.0. The number of ether oxygens (including phenoxy) is 1. The number of piperidine rings is 1. The molecule has 1 atom stereocenters. The van der Waals surface area contributed by atoms with Crippen molar-refractivity contribution in [3.05, 3.63) is 59.7 Å². The molecule has 222 valence electrons. The highest BCUT2D eigenvalue weighted by atomic mass is 32.2. The Hall–Kier alpha value is -1.89. The van der Waals surface area contributed by atoms with E-state index in [2.05, 4.69) is 34.1 Å². The maximum atomic E-state index is 13.0. The Kier molecular flexibility index (Phi) is 7.93. The van der Waals surface area contributed by atoms with E-state index in [1.807, 2.05) is 24.3 Å². The molecule has 0 N–H and O–H groups in total. The predicted octanol–water partition coefficient (Wildman–Crippen LogP) is 6.25. The lowest BCUT2D eigenvalue weighted by Gasteiger charge is -2.52. The number of aryl methyl sites for hydroxylation is 1. The molecule has 4 fully saturated rings. The van der Waals surface area contributed by atoms with Gasteiger partial charge in [-0.05, 0) is 118 Å². The van der Waals surface area contributed by atoms with Gasteiger partial charge in [0.05, 0.1) is 10.1 Å². The molecule has 5 nitrogen and oxygen atoms in total. The van der Waals surface area contributed by atoms with Crippen LogP contribution in [0.15, 0.2) is 53.4 Å². The molecule has 2 aromatic carbocycles. The fraction of sp³-hybridized carbons (Fsp3) is 0.657. The number of rotatable bonds is 7. The minimum absolute atomic E-state index is 0.305. The topological polar surface area (TPSA) is 49.9 Å². The average molecular weight is 577 g/mol. The molecular weight excluding hydrogens is 528 g/mol. The third-order valence-electron chi connectivity index (χ3n) is 11.6. The van der Waals surface area contributed by atoms with E-state index in [-0.39, 0.29) is 5.25 Å². The van der Waals surface area contributed by atoms with Gasteiger partial charge < -0.3 is 14.5 Å². The molecule has 3 heterocycles. The molecule has 7 rings (SSSR count). The summed E-state index contributed by atoms with van der Waals surface area (Å²) in [5.74, 6) is 2.42. The van der Waals surface area contributed by atoms with Crippen molar-refractivity contribution in [1.82, 2.24) is 4.90 Å².